The van der Waals surface area contributed by atoms with Crippen LogP contribution in [-0.4, -0.2) is 14.5 Å². The minimum absolute atomic E-state index is 0.295. The molecule has 214 valence electrons. The second kappa shape index (κ2) is 10.5. The second-order valence-corrected chi connectivity index (χ2v) is 12.5. The number of imidazole rings is 1. The first-order valence-corrected chi connectivity index (χ1v) is 15.3. The maximum atomic E-state index is 6.58. The number of pyridine rings is 1. The van der Waals surface area contributed by atoms with Gasteiger partial charge in [0.1, 0.15) is 11.4 Å². The quantitative estimate of drug-likeness (QED) is 0.202. The summed E-state index contributed by atoms with van der Waals surface area (Å²) in [5, 5.41) is 2.17. The van der Waals surface area contributed by atoms with Gasteiger partial charge in [0.15, 0.2) is 0 Å². The third-order valence-electron chi connectivity index (χ3n) is 8.60. The molecule has 43 heavy (non-hydrogen) atoms. The van der Waals surface area contributed by atoms with E-state index in [2.05, 4.69) is 136 Å². The Hall–Kier alpha value is -4.70. The van der Waals surface area contributed by atoms with Crippen LogP contribution in [0.15, 0.2) is 102 Å². The number of fused-ring (bicyclic) bond motifs is 4. The Balaban J connectivity index is 1.61. The lowest BCUT2D eigenvalue weighted by atomic mass is 9.88. The van der Waals surface area contributed by atoms with Crippen molar-refractivity contribution in [3.8, 4) is 28.2 Å². The van der Waals surface area contributed by atoms with Gasteiger partial charge in [-0.25, -0.2) is 9.97 Å². The third kappa shape index (κ3) is 4.44. The standard InChI is InChI=1S/C39H37N3O/c1-23(2)28-18-19-30(37-35(28)29-15-12-20-40-39(29)43-37)38-41-33-16-10-11-17-34(33)42(38)36-31(24(3)4)21-27(22-32(36)25(5)6)26-13-8-7-9-14-26/h7-25H,1-6H3. The summed E-state index contributed by atoms with van der Waals surface area (Å²) >= 11 is 0. The molecule has 0 radical (unpaired) electrons. The molecule has 0 saturated heterocycles. The summed E-state index contributed by atoms with van der Waals surface area (Å²) in [7, 11) is 0. The van der Waals surface area contributed by atoms with Crippen LogP contribution in [0, 0.1) is 0 Å². The van der Waals surface area contributed by atoms with Gasteiger partial charge in [-0.15, -0.1) is 0 Å². The Morgan fingerprint density at radius 2 is 1.33 bits per heavy atom. The number of hydrogen-bond donors (Lipinski definition) is 0. The first-order valence-electron chi connectivity index (χ1n) is 15.3. The van der Waals surface area contributed by atoms with Crippen molar-refractivity contribution in [3.05, 3.63) is 114 Å². The van der Waals surface area contributed by atoms with E-state index in [0.717, 1.165) is 38.8 Å². The molecule has 0 bridgehead atoms. The number of benzene rings is 4. The molecule has 0 amide bonds. The summed E-state index contributed by atoms with van der Waals surface area (Å²) in [5.74, 6) is 1.81. The van der Waals surface area contributed by atoms with Gasteiger partial charge >= 0.3 is 0 Å². The van der Waals surface area contributed by atoms with Gasteiger partial charge < -0.3 is 4.42 Å². The summed E-state index contributed by atoms with van der Waals surface area (Å²) in [6.45, 7) is 13.6. The maximum absolute atomic E-state index is 6.58. The summed E-state index contributed by atoms with van der Waals surface area (Å²) in [6.07, 6.45) is 1.80. The predicted molar refractivity (Wildman–Crippen MR) is 179 cm³/mol. The molecular formula is C39H37N3O. The fourth-order valence-corrected chi connectivity index (χ4v) is 6.45. The van der Waals surface area contributed by atoms with Crippen LogP contribution < -0.4 is 0 Å². The van der Waals surface area contributed by atoms with Gasteiger partial charge in [-0.05, 0) is 88.0 Å². The SMILES string of the molecule is CC(C)c1cc(-c2ccccc2)cc(C(C)C)c1-n1c(-c2ccc(C(C)C)c3c2oc2ncccc23)nc2ccccc21. The molecule has 0 N–H and O–H groups in total. The van der Waals surface area contributed by atoms with Crippen molar-refractivity contribution < 1.29 is 4.42 Å². The highest BCUT2D eigenvalue weighted by molar-refractivity contribution is 6.10. The average Bonchev–Trinajstić information content (AvgIpc) is 3.59. The van der Waals surface area contributed by atoms with E-state index in [4.69, 9.17) is 9.40 Å². The molecule has 7 aromatic rings. The third-order valence-corrected chi connectivity index (χ3v) is 8.60. The van der Waals surface area contributed by atoms with E-state index < -0.39 is 0 Å². The molecule has 4 nitrogen and oxygen atoms in total. The van der Waals surface area contributed by atoms with Crippen molar-refractivity contribution in [3.63, 3.8) is 0 Å². The smallest absolute Gasteiger partial charge is 0.227 e. The Labute approximate surface area is 253 Å². The highest BCUT2D eigenvalue weighted by Gasteiger charge is 2.26. The van der Waals surface area contributed by atoms with E-state index in [0.29, 0.717) is 23.5 Å². The van der Waals surface area contributed by atoms with Crippen molar-refractivity contribution in [2.45, 2.75) is 59.3 Å². The van der Waals surface area contributed by atoms with Gasteiger partial charge in [0.05, 0.1) is 22.3 Å². The Bertz CT molecular complexity index is 2080. The van der Waals surface area contributed by atoms with Crippen LogP contribution in [-0.2, 0) is 0 Å². The van der Waals surface area contributed by atoms with Gasteiger partial charge in [-0.2, -0.15) is 0 Å². The summed E-state index contributed by atoms with van der Waals surface area (Å²) < 4.78 is 8.97. The largest absolute Gasteiger partial charge is 0.437 e. The lowest BCUT2D eigenvalue weighted by molar-refractivity contribution is 0.654. The zero-order chi connectivity index (χ0) is 29.8. The van der Waals surface area contributed by atoms with Crippen LogP contribution in [0.25, 0.3) is 61.3 Å². The number of furan rings is 1. The zero-order valence-corrected chi connectivity index (χ0v) is 25.7. The van der Waals surface area contributed by atoms with Crippen LogP contribution in [0.3, 0.4) is 0 Å². The summed E-state index contributed by atoms with van der Waals surface area (Å²) in [6, 6.07) is 32.5. The maximum Gasteiger partial charge on any atom is 0.227 e. The molecule has 0 aliphatic rings. The number of hydrogen-bond acceptors (Lipinski definition) is 3. The Morgan fingerprint density at radius 1 is 0.651 bits per heavy atom. The fourth-order valence-electron chi connectivity index (χ4n) is 6.45. The molecule has 4 aromatic carbocycles. The Kier molecular flexibility index (Phi) is 6.65. The molecule has 0 aliphatic heterocycles. The van der Waals surface area contributed by atoms with Gasteiger partial charge in [-0.1, -0.05) is 90.1 Å². The fraction of sp³-hybridized carbons (Fsp3) is 0.231. The molecule has 7 rings (SSSR count). The topological polar surface area (TPSA) is 43.9 Å². The highest BCUT2D eigenvalue weighted by Crippen LogP contribution is 2.43. The first kappa shape index (κ1) is 27.2. The van der Waals surface area contributed by atoms with Gasteiger partial charge in [0.2, 0.25) is 5.71 Å². The predicted octanol–water partition coefficient (Wildman–Crippen LogP) is 11.0. The van der Waals surface area contributed by atoms with Crippen LogP contribution >= 0.6 is 0 Å². The highest BCUT2D eigenvalue weighted by atomic mass is 16.3. The minimum atomic E-state index is 0.295. The van der Waals surface area contributed by atoms with Crippen molar-refractivity contribution >= 4 is 33.1 Å². The average molecular weight is 564 g/mol. The second-order valence-electron chi connectivity index (χ2n) is 12.5. The van der Waals surface area contributed by atoms with Crippen LogP contribution in [0.4, 0.5) is 0 Å². The van der Waals surface area contributed by atoms with Crippen molar-refractivity contribution in [1.82, 2.24) is 14.5 Å². The number of nitrogens with zero attached hydrogens (tertiary/aromatic N) is 3. The van der Waals surface area contributed by atoms with E-state index >= 15 is 0 Å². The minimum Gasteiger partial charge on any atom is -0.437 e. The van der Waals surface area contributed by atoms with E-state index in [1.54, 1.807) is 6.20 Å². The molecule has 0 unspecified atom stereocenters. The lowest BCUT2D eigenvalue weighted by Gasteiger charge is -2.24. The molecule has 0 spiro atoms. The number of rotatable bonds is 6. The van der Waals surface area contributed by atoms with Gasteiger partial charge in [0.25, 0.3) is 0 Å². The van der Waals surface area contributed by atoms with Crippen molar-refractivity contribution in [2.75, 3.05) is 0 Å². The van der Waals surface area contributed by atoms with Crippen molar-refractivity contribution in [1.29, 1.82) is 0 Å². The molecule has 4 heteroatoms. The van der Waals surface area contributed by atoms with Crippen LogP contribution in [0.5, 0.6) is 0 Å². The molecule has 0 aliphatic carbocycles. The van der Waals surface area contributed by atoms with E-state index in [1.807, 2.05) is 6.07 Å². The molecular weight excluding hydrogens is 526 g/mol. The molecule has 0 fully saturated rings. The normalized spacial score (nSPS) is 12.1. The molecule has 0 saturated carbocycles. The molecule has 0 atom stereocenters. The number of aromatic nitrogens is 3. The lowest BCUT2D eigenvalue weighted by Crippen LogP contribution is -2.09. The van der Waals surface area contributed by atoms with Crippen LogP contribution in [0.2, 0.25) is 0 Å². The molecule has 3 aromatic heterocycles. The van der Waals surface area contributed by atoms with Gasteiger partial charge in [-0.3, -0.25) is 4.57 Å². The van der Waals surface area contributed by atoms with E-state index in [-0.39, 0.29) is 0 Å². The Morgan fingerprint density at radius 3 is 2.02 bits per heavy atom. The van der Waals surface area contributed by atoms with Gasteiger partial charge in [0, 0.05) is 17.0 Å². The molecule has 3 heterocycles. The first-order chi connectivity index (χ1) is 20.8. The van der Waals surface area contributed by atoms with E-state index in [1.165, 1.54) is 33.5 Å². The number of para-hydroxylation sites is 2. The van der Waals surface area contributed by atoms with Crippen LogP contribution in [0.1, 0.15) is 76.0 Å². The summed E-state index contributed by atoms with van der Waals surface area (Å²) in [5.41, 5.74) is 12.1. The zero-order valence-electron chi connectivity index (χ0n) is 25.7. The van der Waals surface area contributed by atoms with E-state index in [9.17, 15) is 0 Å². The monoisotopic (exact) mass is 563 g/mol. The van der Waals surface area contributed by atoms with Crippen molar-refractivity contribution in [2.24, 2.45) is 0 Å². The summed E-state index contributed by atoms with van der Waals surface area (Å²) in [4.78, 5) is 9.91.